The largest absolute Gasteiger partial charge is 0.463 e. The van der Waals surface area contributed by atoms with Crippen LogP contribution in [0.1, 0.15) is 30.3 Å². The van der Waals surface area contributed by atoms with Gasteiger partial charge in [-0.25, -0.2) is 14.2 Å². The Morgan fingerprint density at radius 3 is 2.72 bits per heavy atom. The standard InChI is InChI=1S/C21H17FN2O3S2/c1-3-27-20(26)17-12(2)23-21-24(18(17)13-6-8-14(22)9-7-13)19(25)16(29-21)11-15-5-4-10-28-15/h4-11,18H,3H2,1-2H3/b16-11-. The first-order valence-corrected chi connectivity index (χ1v) is 10.7. The van der Waals surface area contributed by atoms with Gasteiger partial charge >= 0.3 is 5.97 Å². The minimum atomic E-state index is -0.726. The van der Waals surface area contributed by atoms with Crippen molar-refractivity contribution in [1.82, 2.24) is 4.57 Å². The lowest BCUT2D eigenvalue weighted by Gasteiger charge is -2.24. The molecule has 0 bridgehead atoms. The van der Waals surface area contributed by atoms with Gasteiger partial charge in [0, 0.05) is 4.88 Å². The summed E-state index contributed by atoms with van der Waals surface area (Å²) in [5.41, 5.74) is 1.15. The number of nitrogens with zero attached hydrogens (tertiary/aromatic N) is 2. The van der Waals surface area contributed by atoms with Gasteiger partial charge < -0.3 is 4.74 Å². The van der Waals surface area contributed by atoms with Crippen molar-refractivity contribution in [3.05, 3.63) is 89.0 Å². The zero-order chi connectivity index (χ0) is 20.5. The number of aromatic nitrogens is 1. The first kappa shape index (κ1) is 19.5. The highest BCUT2D eigenvalue weighted by atomic mass is 32.1. The Kier molecular flexibility index (Phi) is 5.29. The Balaban J connectivity index is 1.97. The number of rotatable bonds is 4. The minimum Gasteiger partial charge on any atom is -0.463 e. The normalized spacial score (nSPS) is 16.5. The second kappa shape index (κ2) is 7.88. The van der Waals surface area contributed by atoms with Crippen LogP contribution >= 0.6 is 22.7 Å². The van der Waals surface area contributed by atoms with Crippen LogP contribution < -0.4 is 14.9 Å². The Morgan fingerprint density at radius 1 is 1.31 bits per heavy atom. The van der Waals surface area contributed by atoms with Crippen molar-refractivity contribution in [1.29, 1.82) is 0 Å². The van der Waals surface area contributed by atoms with Crippen molar-refractivity contribution in [2.24, 2.45) is 4.99 Å². The molecule has 5 nitrogen and oxygen atoms in total. The molecule has 0 saturated carbocycles. The molecule has 0 fully saturated rings. The summed E-state index contributed by atoms with van der Waals surface area (Å²) in [5.74, 6) is -0.923. The first-order valence-electron chi connectivity index (χ1n) is 8.98. The fourth-order valence-corrected chi connectivity index (χ4v) is 5.02. The maximum atomic E-state index is 13.5. The molecule has 148 valence electrons. The van der Waals surface area contributed by atoms with E-state index in [4.69, 9.17) is 4.74 Å². The van der Waals surface area contributed by atoms with Crippen molar-refractivity contribution in [3.63, 3.8) is 0 Å². The smallest absolute Gasteiger partial charge is 0.338 e. The number of thiazole rings is 1. The van der Waals surface area contributed by atoms with E-state index >= 15 is 0 Å². The molecule has 0 amide bonds. The third-order valence-corrected chi connectivity index (χ3v) is 6.32. The topological polar surface area (TPSA) is 60.7 Å². The minimum absolute atomic E-state index is 0.203. The van der Waals surface area contributed by atoms with Gasteiger partial charge in [0.15, 0.2) is 4.80 Å². The van der Waals surface area contributed by atoms with Gasteiger partial charge in [0.2, 0.25) is 0 Å². The van der Waals surface area contributed by atoms with Gasteiger partial charge in [-0.2, -0.15) is 0 Å². The van der Waals surface area contributed by atoms with E-state index < -0.39 is 17.8 Å². The molecular formula is C21H17FN2O3S2. The van der Waals surface area contributed by atoms with Crippen LogP contribution in [0.2, 0.25) is 0 Å². The van der Waals surface area contributed by atoms with Gasteiger partial charge in [-0.15, -0.1) is 11.3 Å². The highest BCUT2D eigenvalue weighted by Crippen LogP contribution is 2.30. The van der Waals surface area contributed by atoms with Crippen molar-refractivity contribution in [3.8, 4) is 0 Å². The highest BCUT2D eigenvalue weighted by Gasteiger charge is 2.33. The Hall–Kier alpha value is -2.84. The third kappa shape index (κ3) is 3.61. The number of esters is 1. The molecule has 2 aromatic heterocycles. The van der Waals surface area contributed by atoms with E-state index in [1.807, 2.05) is 23.6 Å². The van der Waals surface area contributed by atoms with Crippen LogP contribution in [-0.2, 0) is 9.53 Å². The predicted molar refractivity (Wildman–Crippen MR) is 111 cm³/mol. The van der Waals surface area contributed by atoms with Crippen molar-refractivity contribution >= 4 is 34.7 Å². The predicted octanol–water partition coefficient (Wildman–Crippen LogP) is 3.00. The van der Waals surface area contributed by atoms with Gasteiger partial charge in [-0.05, 0) is 49.1 Å². The number of ether oxygens (including phenoxy) is 1. The van der Waals surface area contributed by atoms with Gasteiger partial charge in [-0.3, -0.25) is 9.36 Å². The maximum Gasteiger partial charge on any atom is 0.338 e. The number of halogens is 1. The van der Waals surface area contributed by atoms with E-state index in [9.17, 15) is 14.0 Å². The molecule has 4 rings (SSSR count). The van der Waals surface area contributed by atoms with Crippen molar-refractivity contribution in [2.45, 2.75) is 19.9 Å². The number of fused-ring (bicyclic) bond motifs is 1. The van der Waals surface area contributed by atoms with Gasteiger partial charge in [0.05, 0.1) is 28.5 Å². The molecule has 1 atom stereocenters. The number of benzene rings is 1. The molecule has 0 aliphatic carbocycles. The molecule has 1 aromatic carbocycles. The molecule has 1 unspecified atom stereocenters. The zero-order valence-corrected chi connectivity index (χ0v) is 17.3. The lowest BCUT2D eigenvalue weighted by Crippen LogP contribution is -2.39. The van der Waals surface area contributed by atoms with E-state index in [0.717, 1.165) is 4.88 Å². The quantitative estimate of drug-likeness (QED) is 0.601. The maximum absolute atomic E-state index is 13.5. The zero-order valence-electron chi connectivity index (χ0n) is 15.7. The summed E-state index contributed by atoms with van der Waals surface area (Å²) in [6.45, 7) is 3.64. The van der Waals surface area contributed by atoms with E-state index in [0.29, 0.717) is 20.6 Å². The highest BCUT2D eigenvalue weighted by molar-refractivity contribution is 7.11. The summed E-state index contributed by atoms with van der Waals surface area (Å²) in [4.78, 5) is 31.9. The van der Waals surface area contributed by atoms with Crippen LogP contribution in [0.25, 0.3) is 6.08 Å². The molecule has 3 aromatic rings. The second-order valence-electron chi connectivity index (χ2n) is 6.37. The van der Waals surface area contributed by atoms with Crippen molar-refractivity contribution < 1.29 is 13.9 Å². The van der Waals surface area contributed by atoms with E-state index in [1.165, 1.54) is 39.4 Å². The fourth-order valence-electron chi connectivity index (χ4n) is 3.25. The summed E-state index contributed by atoms with van der Waals surface area (Å²) in [6, 6.07) is 8.90. The molecule has 29 heavy (non-hydrogen) atoms. The van der Waals surface area contributed by atoms with Crippen LogP contribution in [0.15, 0.2) is 62.8 Å². The average Bonchev–Trinajstić information content (AvgIpc) is 3.30. The number of allylic oxidation sites excluding steroid dienone is 1. The molecule has 3 heterocycles. The molecule has 8 heteroatoms. The number of carbonyl (C=O) groups is 1. The van der Waals surface area contributed by atoms with Gasteiger partial charge in [-0.1, -0.05) is 29.5 Å². The number of thiophene rings is 1. The monoisotopic (exact) mass is 428 g/mol. The van der Waals surface area contributed by atoms with E-state index in [1.54, 1.807) is 26.0 Å². The summed E-state index contributed by atoms with van der Waals surface area (Å²) in [7, 11) is 0. The third-order valence-electron chi connectivity index (χ3n) is 4.52. The molecule has 1 aliphatic rings. The molecule has 1 aliphatic heterocycles. The number of hydrogen-bond donors (Lipinski definition) is 0. The molecule has 0 spiro atoms. The summed E-state index contributed by atoms with van der Waals surface area (Å²) in [6.07, 6.45) is 1.82. The average molecular weight is 429 g/mol. The molecule has 0 saturated heterocycles. The van der Waals surface area contributed by atoms with Crippen LogP contribution in [-0.4, -0.2) is 17.1 Å². The Bertz CT molecular complexity index is 1270. The number of carbonyl (C=O) groups excluding carboxylic acids is 1. The SMILES string of the molecule is CCOC(=O)C1=C(C)N=c2s/c(=C\c3cccs3)c(=O)n2C1c1ccc(F)cc1. The fraction of sp³-hybridized carbons (Fsp3) is 0.190. The van der Waals surface area contributed by atoms with Gasteiger partial charge in [0.25, 0.3) is 5.56 Å². The van der Waals surface area contributed by atoms with Crippen LogP contribution in [0.5, 0.6) is 0 Å². The molecule has 0 N–H and O–H groups in total. The lowest BCUT2D eigenvalue weighted by atomic mass is 9.96. The first-order chi connectivity index (χ1) is 14.0. The number of hydrogen-bond acceptors (Lipinski definition) is 6. The summed E-state index contributed by atoms with van der Waals surface area (Å²) < 4.78 is 20.8. The van der Waals surface area contributed by atoms with Crippen LogP contribution in [0.3, 0.4) is 0 Å². The summed E-state index contributed by atoms with van der Waals surface area (Å²) >= 11 is 2.80. The van der Waals surface area contributed by atoms with Crippen LogP contribution in [0.4, 0.5) is 4.39 Å². The summed E-state index contributed by atoms with van der Waals surface area (Å²) in [5, 5.41) is 1.94. The molecular weight excluding hydrogens is 411 g/mol. The lowest BCUT2D eigenvalue weighted by molar-refractivity contribution is -0.139. The van der Waals surface area contributed by atoms with Crippen molar-refractivity contribution in [2.75, 3.05) is 6.61 Å². The van der Waals surface area contributed by atoms with E-state index in [-0.39, 0.29) is 17.7 Å². The molecule has 0 radical (unpaired) electrons. The van der Waals surface area contributed by atoms with E-state index in [2.05, 4.69) is 4.99 Å². The van der Waals surface area contributed by atoms with Gasteiger partial charge in [0.1, 0.15) is 5.82 Å². The Labute approximate surface area is 173 Å². The second-order valence-corrected chi connectivity index (χ2v) is 8.36. The Morgan fingerprint density at radius 2 is 2.07 bits per heavy atom. The van der Waals surface area contributed by atoms with Crippen LogP contribution in [0, 0.1) is 5.82 Å².